The van der Waals surface area contributed by atoms with Crippen LogP contribution in [0.3, 0.4) is 0 Å². The number of pyridine rings is 1. The second kappa shape index (κ2) is 4.76. The molecule has 0 spiro atoms. The summed E-state index contributed by atoms with van der Waals surface area (Å²) in [6, 6.07) is 5.35. The van der Waals surface area contributed by atoms with E-state index >= 15 is 0 Å². The smallest absolute Gasteiger partial charge is 0.255 e. The van der Waals surface area contributed by atoms with Crippen molar-refractivity contribution in [1.29, 1.82) is 0 Å². The zero-order chi connectivity index (χ0) is 11.4. The van der Waals surface area contributed by atoms with Crippen molar-refractivity contribution in [3.63, 3.8) is 0 Å². The normalized spacial score (nSPS) is 10.0. The maximum Gasteiger partial charge on any atom is 0.255 e. The van der Waals surface area contributed by atoms with Gasteiger partial charge in [-0.15, -0.1) is 11.3 Å². The van der Waals surface area contributed by atoms with E-state index in [4.69, 9.17) is 0 Å². The van der Waals surface area contributed by atoms with Crippen molar-refractivity contribution in [3.05, 3.63) is 46.4 Å². The molecule has 1 amide bonds. The molecule has 2 aromatic rings. The van der Waals surface area contributed by atoms with Crippen LogP contribution in [0.25, 0.3) is 0 Å². The maximum atomic E-state index is 11.7. The molecule has 0 aromatic carbocycles. The Labute approximate surface area is 96.6 Å². The van der Waals surface area contributed by atoms with E-state index in [-0.39, 0.29) is 17.2 Å². The standard InChI is InChI=1S/C11H10N2O2S/c14-10-7-12-4-3-9(10)11(15)13-6-8-2-1-5-16-8/h1-5,7,14H,6H2,(H,13,15). The Kier molecular flexibility index (Phi) is 3.16. The summed E-state index contributed by atoms with van der Waals surface area (Å²) in [5, 5.41) is 14.1. The average Bonchev–Trinajstić information content (AvgIpc) is 2.79. The van der Waals surface area contributed by atoms with E-state index in [1.54, 1.807) is 11.3 Å². The van der Waals surface area contributed by atoms with Gasteiger partial charge in [0.15, 0.2) is 0 Å². The lowest BCUT2D eigenvalue weighted by Crippen LogP contribution is -2.22. The summed E-state index contributed by atoms with van der Waals surface area (Å²) in [6.45, 7) is 0.470. The van der Waals surface area contributed by atoms with Gasteiger partial charge in [-0.1, -0.05) is 6.07 Å². The van der Waals surface area contributed by atoms with Crippen molar-refractivity contribution in [3.8, 4) is 5.75 Å². The number of hydrogen-bond acceptors (Lipinski definition) is 4. The van der Waals surface area contributed by atoms with Crippen LogP contribution in [0.15, 0.2) is 36.0 Å². The van der Waals surface area contributed by atoms with Crippen LogP contribution in [-0.4, -0.2) is 16.0 Å². The van der Waals surface area contributed by atoms with Gasteiger partial charge in [0.05, 0.1) is 18.3 Å². The highest BCUT2D eigenvalue weighted by Crippen LogP contribution is 2.14. The molecule has 0 aliphatic rings. The molecular formula is C11H10N2O2S. The molecule has 0 saturated carbocycles. The Morgan fingerprint density at radius 3 is 3.06 bits per heavy atom. The fourth-order valence-electron chi connectivity index (χ4n) is 1.25. The lowest BCUT2D eigenvalue weighted by atomic mass is 10.2. The number of aromatic hydroxyl groups is 1. The fraction of sp³-hybridized carbons (Fsp3) is 0.0909. The zero-order valence-corrected chi connectivity index (χ0v) is 9.20. The molecule has 0 aliphatic carbocycles. The van der Waals surface area contributed by atoms with Crippen LogP contribution in [0.4, 0.5) is 0 Å². The van der Waals surface area contributed by atoms with Crippen molar-refractivity contribution < 1.29 is 9.90 Å². The van der Waals surface area contributed by atoms with Crippen LogP contribution in [0.5, 0.6) is 5.75 Å². The van der Waals surface area contributed by atoms with E-state index in [0.717, 1.165) is 4.88 Å². The van der Waals surface area contributed by atoms with Gasteiger partial charge in [0.1, 0.15) is 5.75 Å². The van der Waals surface area contributed by atoms with Gasteiger partial charge in [0, 0.05) is 11.1 Å². The molecule has 2 heterocycles. The quantitative estimate of drug-likeness (QED) is 0.851. The van der Waals surface area contributed by atoms with E-state index < -0.39 is 0 Å². The van der Waals surface area contributed by atoms with Gasteiger partial charge < -0.3 is 10.4 Å². The van der Waals surface area contributed by atoms with Crippen molar-refractivity contribution >= 4 is 17.2 Å². The summed E-state index contributed by atoms with van der Waals surface area (Å²) in [5.74, 6) is -0.403. The Hall–Kier alpha value is -1.88. The SMILES string of the molecule is O=C(NCc1cccs1)c1ccncc1O. The number of carbonyl (C=O) groups excluding carboxylic acids is 1. The lowest BCUT2D eigenvalue weighted by molar-refractivity contribution is 0.0948. The van der Waals surface area contributed by atoms with Crippen LogP contribution in [-0.2, 0) is 6.54 Å². The lowest BCUT2D eigenvalue weighted by Gasteiger charge is -2.04. The third kappa shape index (κ3) is 2.38. The molecule has 5 heteroatoms. The van der Waals surface area contributed by atoms with E-state index in [2.05, 4.69) is 10.3 Å². The monoisotopic (exact) mass is 234 g/mol. The topological polar surface area (TPSA) is 62.2 Å². The van der Waals surface area contributed by atoms with Gasteiger partial charge in [0.25, 0.3) is 5.91 Å². The van der Waals surface area contributed by atoms with E-state index in [1.165, 1.54) is 18.5 Å². The van der Waals surface area contributed by atoms with E-state index in [9.17, 15) is 9.90 Å². The molecule has 0 saturated heterocycles. The Bertz CT molecular complexity index is 482. The first kappa shape index (κ1) is 10.6. The Morgan fingerprint density at radius 1 is 1.50 bits per heavy atom. The average molecular weight is 234 g/mol. The number of thiophene rings is 1. The molecule has 2 rings (SSSR count). The van der Waals surface area contributed by atoms with Gasteiger partial charge in [-0.2, -0.15) is 0 Å². The molecule has 0 radical (unpaired) electrons. The summed E-state index contributed by atoms with van der Waals surface area (Å²) < 4.78 is 0. The minimum atomic E-state index is -0.298. The second-order valence-corrected chi connectivity index (χ2v) is 4.19. The first-order chi connectivity index (χ1) is 7.77. The number of nitrogens with zero attached hydrogens (tertiary/aromatic N) is 1. The van der Waals surface area contributed by atoms with Crippen LogP contribution in [0, 0.1) is 0 Å². The molecule has 2 N–H and O–H groups in total. The van der Waals surface area contributed by atoms with E-state index in [1.807, 2.05) is 17.5 Å². The predicted octanol–water partition coefficient (Wildman–Crippen LogP) is 1.78. The molecule has 0 aliphatic heterocycles. The molecule has 82 valence electrons. The number of carbonyl (C=O) groups is 1. The van der Waals surface area contributed by atoms with Gasteiger partial charge >= 0.3 is 0 Å². The number of nitrogens with one attached hydrogen (secondary N) is 1. The molecule has 0 bridgehead atoms. The summed E-state index contributed by atoms with van der Waals surface area (Å²) in [5.41, 5.74) is 0.242. The summed E-state index contributed by atoms with van der Waals surface area (Å²) in [6.07, 6.45) is 2.72. The minimum Gasteiger partial charge on any atom is -0.505 e. The highest BCUT2D eigenvalue weighted by Gasteiger charge is 2.09. The van der Waals surface area contributed by atoms with Gasteiger partial charge in [-0.3, -0.25) is 9.78 Å². The zero-order valence-electron chi connectivity index (χ0n) is 8.38. The second-order valence-electron chi connectivity index (χ2n) is 3.15. The Balaban J connectivity index is 2.01. The molecule has 16 heavy (non-hydrogen) atoms. The van der Waals surface area contributed by atoms with Gasteiger partial charge in [0.2, 0.25) is 0 Å². The number of hydrogen-bond donors (Lipinski definition) is 2. The number of amides is 1. The van der Waals surface area contributed by atoms with Gasteiger partial charge in [-0.25, -0.2) is 0 Å². The molecule has 0 atom stereocenters. The third-order valence-corrected chi connectivity index (χ3v) is 2.92. The largest absolute Gasteiger partial charge is 0.505 e. The Morgan fingerprint density at radius 2 is 2.38 bits per heavy atom. The summed E-state index contributed by atoms with van der Waals surface area (Å²) >= 11 is 1.57. The summed E-state index contributed by atoms with van der Waals surface area (Å²) in [7, 11) is 0. The first-order valence-corrected chi connectivity index (χ1v) is 5.59. The molecule has 4 nitrogen and oxygen atoms in total. The van der Waals surface area contributed by atoms with Crippen LogP contribution in [0.2, 0.25) is 0 Å². The van der Waals surface area contributed by atoms with Crippen molar-refractivity contribution in [1.82, 2.24) is 10.3 Å². The van der Waals surface area contributed by atoms with Crippen LogP contribution >= 0.6 is 11.3 Å². The fourth-order valence-corrected chi connectivity index (χ4v) is 1.90. The highest BCUT2D eigenvalue weighted by atomic mass is 32.1. The molecule has 0 fully saturated rings. The predicted molar refractivity (Wildman–Crippen MR) is 61.4 cm³/mol. The van der Waals surface area contributed by atoms with Gasteiger partial charge in [-0.05, 0) is 17.5 Å². The summed E-state index contributed by atoms with van der Waals surface area (Å²) in [4.78, 5) is 16.4. The van der Waals surface area contributed by atoms with E-state index in [0.29, 0.717) is 6.54 Å². The highest BCUT2D eigenvalue weighted by molar-refractivity contribution is 7.09. The van der Waals surface area contributed by atoms with Crippen molar-refractivity contribution in [2.45, 2.75) is 6.54 Å². The first-order valence-electron chi connectivity index (χ1n) is 4.71. The minimum absolute atomic E-state index is 0.105. The number of rotatable bonds is 3. The number of aromatic nitrogens is 1. The molecule has 2 aromatic heterocycles. The van der Waals surface area contributed by atoms with Crippen molar-refractivity contribution in [2.75, 3.05) is 0 Å². The van der Waals surface area contributed by atoms with Crippen LogP contribution in [0.1, 0.15) is 15.2 Å². The third-order valence-electron chi connectivity index (χ3n) is 2.05. The molecule has 0 unspecified atom stereocenters. The maximum absolute atomic E-state index is 11.7. The molecular weight excluding hydrogens is 224 g/mol. The van der Waals surface area contributed by atoms with Crippen molar-refractivity contribution in [2.24, 2.45) is 0 Å². The van der Waals surface area contributed by atoms with Crippen LogP contribution < -0.4 is 5.32 Å².